The van der Waals surface area contributed by atoms with Crippen LogP contribution in [-0.4, -0.2) is 21.2 Å². The Morgan fingerprint density at radius 2 is 2.08 bits per heavy atom. The van der Waals surface area contributed by atoms with Crippen molar-refractivity contribution in [2.45, 2.75) is 13.0 Å². The molecule has 3 rings (SSSR count). The molecule has 1 unspecified atom stereocenters. The van der Waals surface area contributed by atoms with Gasteiger partial charge in [-0.05, 0) is 36.8 Å². The lowest BCUT2D eigenvalue weighted by molar-refractivity contribution is 0.249. The van der Waals surface area contributed by atoms with Gasteiger partial charge in [0.05, 0.1) is 6.04 Å². The highest BCUT2D eigenvalue weighted by Crippen LogP contribution is 2.24. The van der Waals surface area contributed by atoms with Gasteiger partial charge in [-0.2, -0.15) is 0 Å². The molecule has 0 aliphatic heterocycles. The second-order valence-electron chi connectivity index (χ2n) is 5.00. The molecule has 0 radical (unpaired) electrons. The van der Waals surface area contributed by atoms with E-state index in [1.165, 1.54) is 11.3 Å². The van der Waals surface area contributed by atoms with Crippen LogP contribution in [0.4, 0.5) is 9.93 Å². The second kappa shape index (κ2) is 7.50. The smallest absolute Gasteiger partial charge is 0.321 e. The van der Waals surface area contributed by atoms with Crippen LogP contribution in [0.25, 0.3) is 10.7 Å². The summed E-state index contributed by atoms with van der Waals surface area (Å²) in [7, 11) is 0. The monoisotopic (exact) mass is 403 g/mol. The van der Waals surface area contributed by atoms with Crippen LogP contribution >= 0.6 is 27.3 Å². The Morgan fingerprint density at radius 1 is 1.21 bits per heavy atom. The van der Waals surface area contributed by atoms with Crippen LogP contribution in [0, 0.1) is 0 Å². The SMILES string of the molecule is CC(NC(=O)Nc1nnc(-c2ccccn2)s1)c1cccc(Br)c1. The topological polar surface area (TPSA) is 79.8 Å². The van der Waals surface area contributed by atoms with Gasteiger partial charge in [-0.15, -0.1) is 10.2 Å². The van der Waals surface area contributed by atoms with Crippen molar-refractivity contribution in [3.63, 3.8) is 0 Å². The third kappa shape index (κ3) is 4.15. The summed E-state index contributed by atoms with van der Waals surface area (Å²) in [4.78, 5) is 16.3. The van der Waals surface area contributed by atoms with E-state index >= 15 is 0 Å². The van der Waals surface area contributed by atoms with Gasteiger partial charge >= 0.3 is 6.03 Å². The summed E-state index contributed by atoms with van der Waals surface area (Å²) in [5.41, 5.74) is 1.73. The molecule has 0 saturated heterocycles. The Labute approximate surface area is 151 Å². The molecule has 0 bridgehead atoms. The Kier molecular flexibility index (Phi) is 5.17. The van der Waals surface area contributed by atoms with Crippen LogP contribution in [0.1, 0.15) is 18.5 Å². The lowest BCUT2D eigenvalue weighted by atomic mass is 10.1. The van der Waals surface area contributed by atoms with Gasteiger partial charge in [-0.1, -0.05) is 45.5 Å². The number of aromatic nitrogens is 3. The van der Waals surface area contributed by atoms with Gasteiger partial charge in [0, 0.05) is 10.7 Å². The number of halogens is 1. The first kappa shape index (κ1) is 16.5. The van der Waals surface area contributed by atoms with E-state index in [2.05, 4.69) is 41.7 Å². The van der Waals surface area contributed by atoms with Crippen LogP contribution in [0.5, 0.6) is 0 Å². The maximum Gasteiger partial charge on any atom is 0.321 e. The van der Waals surface area contributed by atoms with Crippen molar-refractivity contribution in [3.8, 4) is 10.7 Å². The van der Waals surface area contributed by atoms with Crippen molar-refractivity contribution in [2.75, 3.05) is 5.32 Å². The first-order valence-corrected chi connectivity index (χ1v) is 8.80. The number of nitrogens with one attached hydrogen (secondary N) is 2. The Hall–Kier alpha value is -2.32. The number of carbonyl (C=O) groups is 1. The fourth-order valence-corrected chi connectivity index (χ4v) is 3.19. The van der Waals surface area contributed by atoms with E-state index in [9.17, 15) is 4.79 Å². The van der Waals surface area contributed by atoms with E-state index in [1.807, 2.05) is 49.4 Å². The number of pyridine rings is 1. The van der Waals surface area contributed by atoms with Gasteiger partial charge in [0.2, 0.25) is 5.13 Å². The predicted octanol–water partition coefficient (Wildman–Crippen LogP) is 4.25. The normalized spacial score (nSPS) is 11.8. The molecule has 0 saturated carbocycles. The highest BCUT2D eigenvalue weighted by molar-refractivity contribution is 9.10. The third-order valence-electron chi connectivity index (χ3n) is 3.23. The number of nitrogens with zero attached hydrogens (tertiary/aromatic N) is 3. The third-order valence-corrected chi connectivity index (χ3v) is 4.58. The zero-order valence-corrected chi connectivity index (χ0v) is 15.1. The summed E-state index contributed by atoms with van der Waals surface area (Å²) < 4.78 is 0.971. The largest absolute Gasteiger partial charge is 0.331 e. The molecule has 0 spiro atoms. The van der Waals surface area contributed by atoms with E-state index in [4.69, 9.17) is 0 Å². The number of benzene rings is 1. The van der Waals surface area contributed by atoms with E-state index in [-0.39, 0.29) is 12.1 Å². The standard InChI is InChI=1S/C16H14BrN5OS/c1-10(11-5-4-6-12(17)9-11)19-15(23)20-16-22-21-14(24-16)13-7-2-3-8-18-13/h2-10H,1H3,(H2,19,20,22,23). The molecule has 0 aliphatic carbocycles. The summed E-state index contributed by atoms with van der Waals surface area (Å²) in [6, 6.07) is 12.9. The Balaban J connectivity index is 1.62. The molecule has 1 aromatic carbocycles. The maximum atomic E-state index is 12.1. The maximum absolute atomic E-state index is 12.1. The first-order chi connectivity index (χ1) is 11.6. The molecule has 24 heavy (non-hydrogen) atoms. The summed E-state index contributed by atoms with van der Waals surface area (Å²) in [6.45, 7) is 1.92. The van der Waals surface area contributed by atoms with Crippen molar-refractivity contribution >= 4 is 38.4 Å². The Morgan fingerprint density at radius 3 is 2.83 bits per heavy atom. The number of hydrogen-bond acceptors (Lipinski definition) is 5. The molecule has 8 heteroatoms. The molecule has 122 valence electrons. The van der Waals surface area contributed by atoms with E-state index in [0.717, 1.165) is 15.7 Å². The summed E-state index contributed by atoms with van der Waals surface area (Å²) >= 11 is 4.70. The number of urea groups is 1. The molecule has 1 atom stereocenters. The van der Waals surface area contributed by atoms with Gasteiger partial charge in [-0.3, -0.25) is 10.3 Å². The van der Waals surface area contributed by atoms with E-state index in [0.29, 0.717) is 10.1 Å². The van der Waals surface area contributed by atoms with Crippen molar-refractivity contribution in [1.82, 2.24) is 20.5 Å². The molecule has 2 N–H and O–H groups in total. The zero-order chi connectivity index (χ0) is 16.9. The van der Waals surface area contributed by atoms with Crippen LogP contribution in [0.15, 0.2) is 53.1 Å². The fourth-order valence-electron chi connectivity index (χ4n) is 2.06. The molecule has 0 aliphatic rings. The van der Waals surface area contributed by atoms with E-state index in [1.54, 1.807) is 6.20 Å². The molecule has 6 nitrogen and oxygen atoms in total. The number of hydrogen-bond donors (Lipinski definition) is 2. The summed E-state index contributed by atoms with van der Waals surface area (Å²) in [6.07, 6.45) is 1.69. The van der Waals surface area contributed by atoms with Crippen molar-refractivity contribution in [2.24, 2.45) is 0 Å². The summed E-state index contributed by atoms with van der Waals surface area (Å²) in [5.74, 6) is 0. The second-order valence-corrected chi connectivity index (χ2v) is 6.90. The van der Waals surface area contributed by atoms with E-state index < -0.39 is 0 Å². The average Bonchev–Trinajstić information content (AvgIpc) is 3.04. The van der Waals surface area contributed by atoms with Crippen molar-refractivity contribution in [3.05, 3.63) is 58.7 Å². The minimum Gasteiger partial charge on any atom is -0.331 e. The highest BCUT2D eigenvalue weighted by Gasteiger charge is 2.13. The van der Waals surface area contributed by atoms with Crippen LogP contribution < -0.4 is 10.6 Å². The minimum absolute atomic E-state index is 0.134. The fraction of sp³-hybridized carbons (Fsp3) is 0.125. The average molecular weight is 404 g/mol. The molecule has 2 aromatic heterocycles. The minimum atomic E-state index is -0.328. The molecule has 2 amide bonds. The Bertz CT molecular complexity index is 839. The van der Waals surface area contributed by atoms with Crippen LogP contribution in [0.2, 0.25) is 0 Å². The molecular weight excluding hydrogens is 390 g/mol. The van der Waals surface area contributed by atoms with Crippen molar-refractivity contribution in [1.29, 1.82) is 0 Å². The lowest BCUT2D eigenvalue weighted by Gasteiger charge is -2.14. The molecular formula is C16H14BrN5OS. The van der Waals surface area contributed by atoms with Crippen LogP contribution in [-0.2, 0) is 0 Å². The number of rotatable bonds is 4. The lowest BCUT2D eigenvalue weighted by Crippen LogP contribution is -2.31. The molecule has 0 fully saturated rings. The van der Waals surface area contributed by atoms with Gasteiger partial charge < -0.3 is 5.32 Å². The number of amides is 2. The van der Waals surface area contributed by atoms with Gasteiger partial charge in [0.15, 0.2) is 5.01 Å². The zero-order valence-electron chi connectivity index (χ0n) is 12.7. The number of carbonyl (C=O) groups excluding carboxylic acids is 1. The van der Waals surface area contributed by atoms with Gasteiger partial charge in [0.1, 0.15) is 5.69 Å². The summed E-state index contributed by atoms with van der Waals surface area (Å²) in [5, 5.41) is 14.7. The van der Waals surface area contributed by atoms with Gasteiger partial charge in [-0.25, -0.2) is 4.79 Å². The molecule has 2 heterocycles. The van der Waals surface area contributed by atoms with Crippen LogP contribution in [0.3, 0.4) is 0 Å². The van der Waals surface area contributed by atoms with Crippen molar-refractivity contribution < 1.29 is 4.79 Å². The van der Waals surface area contributed by atoms with Gasteiger partial charge in [0.25, 0.3) is 0 Å². The number of anilines is 1. The molecule has 3 aromatic rings. The highest BCUT2D eigenvalue weighted by atomic mass is 79.9. The predicted molar refractivity (Wildman–Crippen MR) is 97.9 cm³/mol. The first-order valence-electron chi connectivity index (χ1n) is 7.20. The quantitative estimate of drug-likeness (QED) is 0.682.